The SMILES string of the molecule is O=C(O)CCCCCCNC(=O)n1cc2ccccc2c1. The first-order chi connectivity index (χ1) is 10.2. The molecule has 1 aromatic carbocycles. The highest BCUT2D eigenvalue weighted by molar-refractivity contribution is 5.88. The third-order valence-corrected chi connectivity index (χ3v) is 3.38. The number of nitrogens with zero attached hydrogens (tertiary/aromatic N) is 1. The first-order valence-electron chi connectivity index (χ1n) is 7.23. The summed E-state index contributed by atoms with van der Waals surface area (Å²) in [5.74, 6) is -0.747. The van der Waals surface area contributed by atoms with Crippen LogP contribution in [-0.4, -0.2) is 28.2 Å². The van der Waals surface area contributed by atoms with Gasteiger partial charge >= 0.3 is 12.0 Å². The van der Waals surface area contributed by atoms with Crippen molar-refractivity contribution in [3.8, 4) is 0 Å². The molecule has 1 aromatic heterocycles. The van der Waals surface area contributed by atoms with Crippen molar-refractivity contribution >= 4 is 22.8 Å². The molecule has 1 amide bonds. The zero-order valence-corrected chi connectivity index (χ0v) is 11.9. The van der Waals surface area contributed by atoms with Crippen LogP contribution in [0.25, 0.3) is 10.8 Å². The van der Waals surface area contributed by atoms with E-state index in [1.165, 1.54) is 0 Å². The molecule has 0 fully saturated rings. The summed E-state index contributed by atoms with van der Waals surface area (Å²) in [6, 6.07) is 7.71. The van der Waals surface area contributed by atoms with Crippen LogP contribution in [-0.2, 0) is 4.79 Å². The van der Waals surface area contributed by atoms with Crippen molar-refractivity contribution in [2.24, 2.45) is 0 Å². The number of hydrogen-bond acceptors (Lipinski definition) is 2. The lowest BCUT2D eigenvalue weighted by atomic mass is 10.1. The lowest BCUT2D eigenvalue weighted by molar-refractivity contribution is -0.137. The number of unbranched alkanes of at least 4 members (excludes halogenated alkanes) is 3. The number of carboxylic acid groups (broad SMARTS) is 1. The second-order valence-electron chi connectivity index (χ2n) is 5.08. The molecule has 5 heteroatoms. The van der Waals surface area contributed by atoms with E-state index in [1.807, 2.05) is 36.7 Å². The van der Waals surface area contributed by atoms with Crippen molar-refractivity contribution in [2.75, 3.05) is 6.54 Å². The Morgan fingerprint density at radius 1 is 1.00 bits per heavy atom. The van der Waals surface area contributed by atoms with Gasteiger partial charge in [0.25, 0.3) is 0 Å². The van der Waals surface area contributed by atoms with Crippen LogP contribution in [0.4, 0.5) is 4.79 Å². The number of amides is 1. The van der Waals surface area contributed by atoms with E-state index < -0.39 is 5.97 Å². The summed E-state index contributed by atoms with van der Waals surface area (Å²) < 4.78 is 1.56. The van der Waals surface area contributed by atoms with Crippen LogP contribution in [0.1, 0.15) is 32.1 Å². The molecule has 1 heterocycles. The first kappa shape index (κ1) is 15.1. The van der Waals surface area contributed by atoms with Gasteiger partial charge in [0.1, 0.15) is 0 Å². The quantitative estimate of drug-likeness (QED) is 0.768. The topological polar surface area (TPSA) is 71.3 Å². The van der Waals surface area contributed by atoms with Crippen LogP contribution in [0.15, 0.2) is 36.7 Å². The van der Waals surface area contributed by atoms with Gasteiger partial charge in [0.05, 0.1) is 0 Å². The molecule has 5 nitrogen and oxygen atoms in total. The molecule has 2 N–H and O–H groups in total. The highest BCUT2D eigenvalue weighted by Crippen LogP contribution is 2.14. The number of hydrogen-bond donors (Lipinski definition) is 2. The molecule has 21 heavy (non-hydrogen) atoms. The van der Waals surface area contributed by atoms with E-state index in [2.05, 4.69) is 5.32 Å². The maximum absolute atomic E-state index is 12.0. The minimum Gasteiger partial charge on any atom is -0.481 e. The monoisotopic (exact) mass is 288 g/mol. The van der Waals surface area contributed by atoms with Crippen molar-refractivity contribution in [2.45, 2.75) is 32.1 Å². The average molecular weight is 288 g/mol. The Kier molecular flexibility index (Phi) is 5.37. The highest BCUT2D eigenvalue weighted by atomic mass is 16.4. The Morgan fingerprint density at radius 2 is 1.62 bits per heavy atom. The van der Waals surface area contributed by atoms with E-state index in [0.717, 1.165) is 30.0 Å². The predicted molar refractivity (Wildman–Crippen MR) is 81.5 cm³/mol. The van der Waals surface area contributed by atoms with Gasteiger partial charge in [0, 0.05) is 25.4 Å². The van der Waals surface area contributed by atoms with Gasteiger partial charge in [-0.15, -0.1) is 0 Å². The van der Waals surface area contributed by atoms with Crippen molar-refractivity contribution < 1.29 is 14.7 Å². The third-order valence-electron chi connectivity index (χ3n) is 3.38. The van der Waals surface area contributed by atoms with E-state index in [-0.39, 0.29) is 12.5 Å². The van der Waals surface area contributed by atoms with E-state index >= 15 is 0 Å². The molecule has 0 radical (unpaired) electrons. The van der Waals surface area contributed by atoms with Crippen LogP contribution in [0, 0.1) is 0 Å². The minimum atomic E-state index is -0.747. The lowest BCUT2D eigenvalue weighted by Crippen LogP contribution is -2.28. The molecule has 0 aliphatic rings. The van der Waals surface area contributed by atoms with Crippen molar-refractivity contribution in [1.29, 1.82) is 0 Å². The number of rotatable bonds is 7. The summed E-state index contributed by atoms with van der Waals surface area (Å²) in [5.41, 5.74) is 0. The standard InChI is InChI=1S/C16H20N2O3/c19-15(20)9-3-1-2-6-10-17-16(21)18-11-13-7-4-5-8-14(13)12-18/h4-5,7-8,11-12H,1-3,6,9-10H2,(H,17,21)(H,19,20). The van der Waals surface area contributed by atoms with Gasteiger partial charge < -0.3 is 10.4 Å². The highest BCUT2D eigenvalue weighted by Gasteiger charge is 2.05. The summed E-state index contributed by atoms with van der Waals surface area (Å²) in [7, 11) is 0. The van der Waals surface area contributed by atoms with Crippen LogP contribution >= 0.6 is 0 Å². The van der Waals surface area contributed by atoms with Gasteiger partial charge in [-0.05, 0) is 23.6 Å². The smallest absolute Gasteiger partial charge is 0.325 e. The molecule has 2 aromatic rings. The largest absolute Gasteiger partial charge is 0.481 e. The van der Waals surface area contributed by atoms with Gasteiger partial charge in [-0.25, -0.2) is 4.79 Å². The molecule has 0 bridgehead atoms. The van der Waals surface area contributed by atoms with Crippen molar-refractivity contribution in [3.63, 3.8) is 0 Å². The van der Waals surface area contributed by atoms with Crippen LogP contribution < -0.4 is 5.32 Å². The summed E-state index contributed by atoms with van der Waals surface area (Å²) in [4.78, 5) is 22.3. The Balaban J connectivity index is 1.69. The number of fused-ring (bicyclic) bond motifs is 1. The van der Waals surface area contributed by atoms with Gasteiger partial charge in [-0.1, -0.05) is 37.1 Å². The molecule has 0 aliphatic carbocycles. The Morgan fingerprint density at radius 3 is 2.24 bits per heavy atom. The zero-order valence-electron chi connectivity index (χ0n) is 11.9. The lowest BCUT2D eigenvalue weighted by Gasteiger charge is -2.05. The maximum Gasteiger partial charge on any atom is 0.325 e. The Bertz CT molecular complexity index is 586. The molecule has 0 unspecified atom stereocenters. The third kappa shape index (κ3) is 4.63. The van der Waals surface area contributed by atoms with E-state index in [9.17, 15) is 9.59 Å². The molecule has 2 rings (SSSR count). The summed E-state index contributed by atoms with van der Waals surface area (Å²) in [6.07, 6.45) is 7.24. The second kappa shape index (κ2) is 7.47. The minimum absolute atomic E-state index is 0.128. The average Bonchev–Trinajstić information content (AvgIpc) is 2.89. The molecule has 112 valence electrons. The summed E-state index contributed by atoms with van der Waals surface area (Å²) in [5, 5.41) is 13.5. The van der Waals surface area contributed by atoms with Gasteiger partial charge in [0.2, 0.25) is 0 Å². The molecular weight excluding hydrogens is 268 g/mol. The van der Waals surface area contributed by atoms with Gasteiger partial charge in [-0.3, -0.25) is 9.36 Å². The summed E-state index contributed by atoms with van der Waals surface area (Å²) in [6.45, 7) is 0.612. The van der Waals surface area contributed by atoms with Gasteiger partial charge in [-0.2, -0.15) is 0 Å². The normalized spacial score (nSPS) is 10.7. The molecule has 0 saturated carbocycles. The van der Waals surface area contributed by atoms with Crippen molar-refractivity contribution in [3.05, 3.63) is 36.7 Å². The Labute approximate surface area is 123 Å². The maximum atomic E-state index is 12.0. The molecule has 0 saturated heterocycles. The zero-order chi connectivity index (χ0) is 15.1. The first-order valence-corrected chi connectivity index (χ1v) is 7.23. The number of aliphatic carboxylic acids is 1. The number of carbonyl (C=O) groups excluding carboxylic acids is 1. The number of benzene rings is 1. The predicted octanol–water partition coefficient (Wildman–Crippen LogP) is 3.23. The summed E-state index contributed by atoms with van der Waals surface area (Å²) >= 11 is 0. The molecular formula is C16H20N2O3. The second-order valence-corrected chi connectivity index (χ2v) is 5.08. The van der Waals surface area contributed by atoms with E-state index in [0.29, 0.717) is 13.0 Å². The molecule has 0 aliphatic heterocycles. The number of aromatic nitrogens is 1. The van der Waals surface area contributed by atoms with Crippen LogP contribution in [0.5, 0.6) is 0 Å². The van der Waals surface area contributed by atoms with E-state index in [4.69, 9.17) is 5.11 Å². The number of carbonyl (C=O) groups is 2. The number of nitrogens with one attached hydrogen (secondary N) is 1. The Hall–Kier alpha value is -2.30. The number of carboxylic acids is 1. The fraction of sp³-hybridized carbons (Fsp3) is 0.375. The molecule has 0 spiro atoms. The van der Waals surface area contributed by atoms with E-state index in [1.54, 1.807) is 4.57 Å². The fourth-order valence-electron chi connectivity index (χ4n) is 2.24. The van der Waals surface area contributed by atoms with Crippen molar-refractivity contribution in [1.82, 2.24) is 9.88 Å². The fourth-order valence-corrected chi connectivity index (χ4v) is 2.24. The molecule has 0 atom stereocenters. The van der Waals surface area contributed by atoms with Crippen LogP contribution in [0.2, 0.25) is 0 Å². The van der Waals surface area contributed by atoms with Crippen LogP contribution in [0.3, 0.4) is 0 Å². The van der Waals surface area contributed by atoms with Gasteiger partial charge in [0.15, 0.2) is 0 Å².